The molecule has 0 aromatic carbocycles. The van der Waals surface area contributed by atoms with Gasteiger partial charge in [0.25, 0.3) is 10.0 Å². The number of carbonyl (C=O) groups is 1. The second kappa shape index (κ2) is 12.5. The van der Waals surface area contributed by atoms with Crippen molar-refractivity contribution in [1.82, 2.24) is 24.2 Å². The van der Waals surface area contributed by atoms with E-state index in [9.17, 15) is 13.2 Å². The van der Waals surface area contributed by atoms with E-state index in [1.165, 1.54) is 11.2 Å². The molecule has 0 spiro atoms. The molecule has 4 rings (SSSR count). The van der Waals surface area contributed by atoms with Gasteiger partial charge in [0.15, 0.2) is 9.34 Å². The van der Waals surface area contributed by atoms with Gasteiger partial charge < -0.3 is 10.6 Å². The molecule has 0 bridgehead atoms. The van der Waals surface area contributed by atoms with Crippen molar-refractivity contribution in [2.75, 3.05) is 43.4 Å². The maximum atomic E-state index is 13.3. The number of nitrogens with zero attached hydrogens (tertiary/aromatic N) is 5. The van der Waals surface area contributed by atoms with E-state index in [-0.39, 0.29) is 16.2 Å². The molecular weight excluding hydrogens is 555 g/mol. The monoisotopic (exact) mass is 587 g/mol. The number of piperazine rings is 1. The van der Waals surface area contributed by atoms with Crippen LogP contribution in [0.2, 0.25) is 0 Å². The molecule has 1 saturated heterocycles. The van der Waals surface area contributed by atoms with Crippen LogP contribution in [0.5, 0.6) is 0 Å². The summed E-state index contributed by atoms with van der Waals surface area (Å²) in [6, 6.07) is 0.0817. The molecule has 0 unspecified atom stereocenters. The molecule has 1 atom stereocenters. The molecule has 3 aromatic rings. The Kier molecular flexibility index (Phi) is 9.28. The lowest BCUT2D eigenvalue weighted by atomic mass is 10.1. The fourth-order valence-corrected chi connectivity index (χ4v) is 8.39. The molecule has 39 heavy (non-hydrogen) atoms. The molecule has 0 radical (unpaired) electrons. The molecule has 4 heterocycles. The number of rotatable bonds is 10. The summed E-state index contributed by atoms with van der Waals surface area (Å²) in [6.45, 7) is 13.8. The fourth-order valence-electron chi connectivity index (χ4n) is 4.39. The van der Waals surface area contributed by atoms with Gasteiger partial charge in [-0.1, -0.05) is 42.2 Å². The van der Waals surface area contributed by atoms with E-state index in [1.54, 1.807) is 24.6 Å². The van der Waals surface area contributed by atoms with Crippen molar-refractivity contribution in [3.05, 3.63) is 53.8 Å². The number of sulfonamides is 1. The maximum Gasteiger partial charge on any atom is 0.254 e. The first kappa shape index (κ1) is 29.0. The summed E-state index contributed by atoms with van der Waals surface area (Å²) < 4.78 is 29.2. The number of aromatic nitrogens is 3. The predicted octanol–water partition coefficient (Wildman–Crippen LogP) is 4.37. The first-order chi connectivity index (χ1) is 18.6. The summed E-state index contributed by atoms with van der Waals surface area (Å²) in [6.07, 6.45) is 9.38. The quantitative estimate of drug-likeness (QED) is 0.336. The lowest BCUT2D eigenvalue weighted by Gasteiger charge is -2.35. The molecule has 0 aliphatic carbocycles. The average molecular weight is 588 g/mol. The van der Waals surface area contributed by atoms with Gasteiger partial charge in [0.2, 0.25) is 5.91 Å². The van der Waals surface area contributed by atoms with Crippen LogP contribution in [0.15, 0.2) is 46.8 Å². The highest BCUT2D eigenvalue weighted by molar-refractivity contribution is 7.91. The van der Waals surface area contributed by atoms with Crippen LogP contribution in [0.3, 0.4) is 0 Å². The molecule has 10 nitrogen and oxygen atoms in total. The SMILES string of the molecule is C=C/C(=C\C=C/C)c1csc2c(N[C@@H](C)CN3CCN(S(=O)(=O)c4sc(NC(C)=O)nc4C)CC3)ncnc12. The summed E-state index contributed by atoms with van der Waals surface area (Å²) in [5.74, 6) is 0.504. The summed E-state index contributed by atoms with van der Waals surface area (Å²) in [5.41, 5.74) is 3.32. The Morgan fingerprint density at radius 1 is 1.26 bits per heavy atom. The molecular formula is C26H33N7O3S3. The smallest absolute Gasteiger partial charge is 0.254 e. The molecule has 0 saturated carbocycles. The molecule has 1 aliphatic rings. The normalized spacial score (nSPS) is 16.6. The van der Waals surface area contributed by atoms with Gasteiger partial charge in [-0.2, -0.15) is 4.31 Å². The van der Waals surface area contributed by atoms with Gasteiger partial charge in [0.05, 0.1) is 15.9 Å². The van der Waals surface area contributed by atoms with Crippen molar-refractivity contribution in [1.29, 1.82) is 0 Å². The number of anilines is 2. The van der Waals surface area contributed by atoms with E-state index in [1.807, 2.05) is 31.2 Å². The van der Waals surface area contributed by atoms with Crippen LogP contribution >= 0.6 is 22.7 Å². The zero-order chi connectivity index (χ0) is 28.2. The molecule has 208 valence electrons. The van der Waals surface area contributed by atoms with Gasteiger partial charge in [0.1, 0.15) is 12.1 Å². The van der Waals surface area contributed by atoms with Crippen LogP contribution in [0.4, 0.5) is 10.9 Å². The average Bonchev–Trinajstić information content (AvgIpc) is 3.49. The molecule has 2 N–H and O–H groups in total. The van der Waals surface area contributed by atoms with E-state index in [0.29, 0.717) is 37.0 Å². The summed E-state index contributed by atoms with van der Waals surface area (Å²) >= 11 is 2.59. The van der Waals surface area contributed by atoms with Crippen LogP contribution in [0, 0.1) is 6.92 Å². The minimum Gasteiger partial charge on any atom is -0.365 e. The number of carbonyl (C=O) groups excluding carboxylic acids is 1. The zero-order valence-electron chi connectivity index (χ0n) is 22.5. The third kappa shape index (κ3) is 6.61. The number of hydrogen-bond acceptors (Lipinski definition) is 10. The van der Waals surface area contributed by atoms with Crippen LogP contribution in [-0.2, 0) is 14.8 Å². The van der Waals surface area contributed by atoms with Crippen LogP contribution < -0.4 is 10.6 Å². The van der Waals surface area contributed by atoms with Crippen molar-refractivity contribution in [2.24, 2.45) is 0 Å². The van der Waals surface area contributed by atoms with Gasteiger partial charge in [0, 0.05) is 56.6 Å². The number of thiazole rings is 1. The van der Waals surface area contributed by atoms with Crippen LogP contribution in [0.25, 0.3) is 15.8 Å². The third-order valence-electron chi connectivity index (χ3n) is 6.21. The third-order valence-corrected chi connectivity index (χ3v) is 10.7. The highest BCUT2D eigenvalue weighted by atomic mass is 32.2. The van der Waals surface area contributed by atoms with Crippen molar-refractivity contribution in [3.63, 3.8) is 0 Å². The van der Waals surface area contributed by atoms with Gasteiger partial charge >= 0.3 is 0 Å². The summed E-state index contributed by atoms with van der Waals surface area (Å²) in [5, 5.41) is 8.47. The second-order valence-electron chi connectivity index (χ2n) is 9.22. The molecule has 1 aliphatic heterocycles. The Hall–Kier alpha value is -2.97. The van der Waals surface area contributed by atoms with E-state index in [0.717, 1.165) is 45.1 Å². The maximum absolute atomic E-state index is 13.3. The van der Waals surface area contributed by atoms with E-state index in [4.69, 9.17) is 0 Å². The number of amides is 1. The number of aryl methyl sites for hydroxylation is 1. The van der Waals surface area contributed by atoms with Crippen molar-refractivity contribution >= 4 is 65.3 Å². The minimum absolute atomic E-state index is 0.0817. The van der Waals surface area contributed by atoms with Crippen molar-refractivity contribution in [3.8, 4) is 0 Å². The Labute approximate surface area is 237 Å². The zero-order valence-corrected chi connectivity index (χ0v) is 24.9. The van der Waals surface area contributed by atoms with E-state index < -0.39 is 10.0 Å². The molecule has 1 fully saturated rings. The minimum atomic E-state index is -3.68. The predicted molar refractivity (Wildman–Crippen MR) is 160 cm³/mol. The van der Waals surface area contributed by atoms with Gasteiger partial charge in [-0.25, -0.2) is 23.4 Å². The number of nitrogens with one attached hydrogen (secondary N) is 2. The number of fused-ring (bicyclic) bond motifs is 1. The number of hydrogen-bond donors (Lipinski definition) is 2. The van der Waals surface area contributed by atoms with Gasteiger partial charge in [-0.05, 0) is 26.3 Å². The first-order valence-corrected chi connectivity index (χ1v) is 15.7. The topological polar surface area (TPSA) is 120 Å². The Bertz CT molecular complexity index is 1520. The van der Waals surface area contributed by atoms with E-state index >= 15 is 0 Å². The first-order valence-electron chi connectivity index (χ1n) is 12.6. The Morgan fingerprint density at radius 2 is 2.00 bits per heavy atom. The lowest BCUT2D eigenvalue weighted by Crippen LogP contribution is -2.50. The standard InChI is InChI=1S/C26H33N7O3S3/c1-6-8-9-20(7-2)21-15-37-23-22(21)27-16-28-24(23)29-17(3)14-32-10-12-33(13-11-32)39(35,36)25-18(4)30-26(38-25)31-19(5)34/h6-9,15-17H,2,10-14H2,1,3-5H3,(H,27,28,29)(H,30,31,34)/b8-6-,20-9+/t17-/m0/s1. The van der Waals surface area contributed by atoms with Crippen LogP contribution in [0.1, 0.15) is 32.0 Å². The summed E-state index contributed by atoms with van der Waals surface area (Å²) in [7, 11) is -3.68. The van der Waals surface area contributed by atoms with Crippen molar-refractivity contribution in [2.45, 2.75) is 37.9 Å². The van der Waals surface area contributed by atoms with Gasteiger partial charge in [-0.3, -0.25) is 9.69 Å². The molecule has 1 amide bonds. The second-order valence-corrected chi connectivity index (χ2v) is 13.2. The fraction of sp³-hybridized carbons (Fsp3) is 0.385. The molecule has 3 aromatic heterocycles. The van der Waals surface area contributed by atoms with E-state index in [2.05, 4.69) is 49.4 Å². The highest BCUT2D eigenvalue weighted by Crippen LogP contribution is 2.34. The van der Waals surface area contributed by atoms with Crippen molar-refractivity contribution < 1.29 is 13.2 Å². The largest absolute Gasteiger partial charge is 0.365 e. The number of allylic oxidation sites excluding steroid dienone is 5. The van der Waals surface area contributed by atoms with Gasteiger partial charge in [-0.15, -0.1) is 11.3 Å². The highest BCUT2D eigenvalue weighted by Gasteiger charge is 2.32. The number of thiophene rings is 1. The summed E-state index contributed by atoms with van der Waals surface area (Å²) in [4.78, 5) is 26.8. The van der Waals surface area contributed by atoms with Crippen LogP contribution in [-0.4, -0.2) is 77.2 Å². The lowest BCUT2D eigenvalue weighted by molar-refractivity contribution is -0.114. The Morgan fingerprint density at radius 3 is 2.67 bits per heavy atom. The molecule has 13 heteroatoms. The Balaban J connectivity index is 1.38.